The standard InChI is InChI=1S/C22H34N2O2.C3H8/c1-4-5-6-7-8-12-21(25)24-15-13-23(14-16-24)20-11-9-10-19(17-20)22(26)18(2)3;1-3-2/h9-11,17-18H,4-8,12-16H2,1-3H3;3H2,1-2H3. The van der Waals surface area contributed by atoms with Crippen LogP contribution in [0.25, 0.3) is 0 Å². The van der Waals surface area contributed by atoms with Crippen molar-refractivity contribution >= 4 is 17.4 Å². The minimum atomic E-state index is 0.0112. The number of amides is 1. The molecular weight excluding hydrogens is 360 g/mol. The van der Waals surface area contributed by atoms with Gasteiger partial charge in [-0.1, -0.05) is 78.9 Å². The predicted molar refractivity (Wildman–Crippen MR) is 124 cm³/mol. The van der Waals surface area contributed by atoms with Gasteiger partial charge in [0.05, 0.1) is 0 Å². The van der Waals surface area contributed by atoms with Crippen LogP contribution in [-0.2, 0) is 4.79 Å². The first-order chi connectivity index (χ1) is 13.9. The number of Topliss-reactive ketones (excluding diaryl/α,β-unsaturated/α-hetero) is 1. The molecule has 0 radical (unpaired) electrons. The van der Waals surface area contributed by atoms with Gasteiger partial charge in [0.2, 0.25) is 5.91 Å². The predicted octanol–water partition coefficient (Wildman–Crippen LogP) is 5.95. The van der Waals surface area contributed by atoms with E-state index in [1.165, 1.54) is 25.7 Å². The highest BCUT2D eigenvalue weighted by molar-refractivity contribution is 5.98. The smallest absolute Gasteiger partial charge is 0.222 e. The van der Waals surface area contributed by atoms with Gasteiger partial charge in [-0.2, -0.15) is 0 Å². The van der Waals surface area contributed by atoms with Gasteiger partial charge in [0.15, 0.2) is 5.78 Å². The molecule has 0 atom stereocenters. The second kappa shape index (κ2) is 14.2. The van der Waals surface area contributed by atoms with Gasteiger partial charge in [0, 0.05) is 49.8 Å². The number of ketones is 1. The van der Waals surface area contributed by atoms with Crippen molar-refractivity contribution in [1.29, 1.82) is 0 Å². The summed E-state index contributed by atoms with van der Waals surface area (Å²) in [6.07, 6.45) is 7.85. The molecule has 0 N–H and O–H groups in total. The average molecular weight is 403 g/mol. The van der Waals surface area contributed by atoms with Crippen LogP contribution >= 0.6 is 0 Å². The second-order valence-electron chi connectivity index (χ2n) is 8.31. The van der Waals surface area contributed by atoms with E-state index in [0.29, 0.717) is 12.3 Å². The molecule has 1 fully saturated rings. The highest BCUT2D eigenvalue weighted by atomic mass is 16.2. The lowest BCUT2D eigenvalue weighted by Crippen LogP contribution is -2.48. The van der Waals surface area contributed by atoms with Crippen LogP contribution in [0.3, 0.4) is 0 Å². The fourth-order valence-electron chi connectivity index (χ4n) is 3.44. The molecule has 4 heteroatoms. The van der Waals surface area contributed by atoms with Crippen LogP contribution in [0.4, 0.5) is 5.69 Å². The summed E-state index contributed by atoms with van der Waals surface area (Å²) in [5.41, 5.74) is 1.87. The summed E-state index contributed by atoms with van der Waals surface area (Å²) in [5, 5.41) is 0. The molecule has 0 bridgehead atoms. The molecule has 1 aromatic carbocycles. The second-order valence-corrected chi connectivity index (χ2v) is 8.31. The van der Waals surface area contributed by atoms with E-state index in [2.05, 4.69) is 31.7 Å². The van der Waals surface area contributed by atoms with Gasteiger partial charge >= 0.3 is 0 Å². The summed E-state index contributed by atoms with van der Waals surface area (Å²) in [7, 11) is 0. The van der Waals surface area contributed by atoms with Crippen LogP contribution < -0.4 is 4.90 Å². The van der Waals surface area contributed by atoms with Crippen molar-refractivity contribution in [3.8, 4) is 0 Å². The largest absolute Gasteiger partial charge is 0.368 e. The quantitative estimate of drug-likeness (QED) is 0.378. The van der Waals surface area contributed by atoms with Crippen LogP contribution in [-0.4, -0.2) is 42.8 Å². The number of unbranched alkanes of at least 4 members (excludes halogenated alkanes) is 4. The van der Waals surface area contributed by atoms with Gasteiger partial charge in [-0.15, -0.1) is 0 Å². The first kappa shape index (κ1) is 25.2. The van der Waals surface area contributed by atoms with Crippen molar-refractivity contribution in [2.75, 3.05) is 31.1 Å². The lowest BCUT2D eigenvalue weighted by Gasteiger charge is -2.36. The highest BCUT2D eigenvalue weighted by Crippen LogP contribution is 2.20. The molecule has 1 amide bonds. The summed E-state index contributed by atoms with van der Waals surface area (Å²) in [6, 6.07) is 7.90. The van der Waals surface area contributed by atoms with Crippen LogP contribution in [0.15, 0.2) is 24.3 Å². The van der Waals surface area contributed by atoms with Crippen molar-refractivity contribution in [2.45, 2.75) is 79.6 Å². The molecule has 164 valence electrons. The van der Waals surface area contributed by atoms with Crippen LogP contribution in [0.2, 0.25) is 0 Å². The Bertz CT molecular complexity index is 605. The van der Waals surface area contributed by atoms with Crippen LogP contribution in [0.5, 0.6) is 0 Å². The van der Waals surface area contributed by atoms with E-state index in [0.717, 1.165) is 50.3 Å². The van der Waals surface area contributed by atoms with Crippen LogP contribution in [0, 0.1) is 5.92 Å². The fourth-order valence-corrected chi connectivity index (χ4v) is 3.44. The van der Waals surface area contributed by atoms with Gasteiger partial charge in [-0.25, -0.2) is 0 Å². The third-order valence-electron chi connectivity index (χ3n) is 5.15. The summed E-state index contributed by atoms with van der Waals surface area (Å²) in [4.78, 5) is 28.9. The number of benzene rings is 1. The Kier molecular flexibility index (Phi) is 12.3. The third-order valence-corrected chi connectivity index (χ3v) is 5.15. The van der Waals surface area contributed by atoms with E-state index in [-0.39, 0.29) is 11.7 Å². The van der Waals surface area contributed by atoms with Gasteiger partial charge in [0.25, 0.3) is 0 Å². The third kappa shape index (κ3) is 9.01. The number of anilines is 1. The first-order valence-corrected chi connectivity index (χ1v) is 11.6. The SMILES string of the molecule is CCC.CCCCCCCC(=O)N1CCN(c2cccc(C(=O)C(C)C)c2)CC1. The zero-order valence-electron chi connectivity index (χ0n) is 19.4. The number of nitrogens with zero attached hydrogens (tertiary/aromatic N) is 2. The van der Waals surface area contributed by atoms with E-state index >= 15 is 0 Å². The van der Waals surface area contributed by atoms with Gasteiger partial charge in [-0.3, -0.25) is 9.59 Å². The van der Waals surface area contributed by atoms with Crippen molar-refractivity contribution in [1.82, 2.24) is 4.90 Å². The molecule has 1 aromatic rings. The van der Waals surface area contributed by atoms with E-state index in [1.807, 2.05) is 36.9 Å². The molecule has 0 saturated carbocycles. The number of piperazine rings is 1. The lowest BCUT2D eigenvalue weighted by atomic mass is 10.0. The van der Waals surface area contributed by atoms with Gasteiger partial charge in [-0.05, 0) is 18.6 Å². The monoisotopic (exact) mass is 402 g/mol. The molecule has 2 rings (SSSR count). The molecule has 1 saturated heterocycles. The Morgan fingerprint density at radius 2 is 1.55 bits per heavy atom. The van der Waals surface area contributed by atoms with Gasteiger partial charge < -0.3 is 9.80 Å². The highest BCUT2D eigenvalue weighted by Gasteiger charge is 2.21. The summed E-state index contributed by atoms with van der Waals surface area (Å²) in [6.45, 7) is 13.5. The fraction of sp³-hybridized carbons (Fsp3) is 0.680. The number of carbonyl (C=O) groups excluding carboxylic acids is 2. The van der Waals surface area contributed by atoms with Crippen molar-refractivity contribution in [2.24, 2.45) is 5.92 Å². The maximum Gasteiger partial charge on any atom is 0.222 e. The molecule has 0 unspecified atom stereocenters. The summed E-state index contributed by atoms with van der Waals surface area (Å²) < 4.78 is 0. The minimum absolute atomic E-state index is 0.0112. The molecule has 4 nitrogen and oxygen atoms in total. The first-order valence-electron chi connectivity index (χ1n) is 11.6. The number of rotatable bonds is 9. The molecule has 1 heterocycles. The number of hydrogen-bond donors (Lipinski definition) is 0. The van der Waals surface area contributed by atoms with Crippen molar-refractivity contribution < 1.29 is 9.59 Å². The van der Waals surface area contributed by atoms with E-state index in [9.17, 15) is 9.59 Å². The Morgan fingerprint density at radius 1 is 0.931 bits per heavy atom. The molecule has 0 spiro atoms. The average Bonchev–Trinajstić information content (AvgIpc) is 2.73. The number of carbonyl (C=O) groups is 2. The molecule has 0 aliphatic carbocycles. The van der Waals surface area contributed by atoms with Crippen molar-refractivity contribution in [3.63, 3.8) is 0 Å². The molecule has 29 heavy (non-hydrogen) atoms. The Balaban J connectivity index is 0.00000132. The Hall–Kier alpha value is -1.84. The molecule has 1 aliphatic heterocycles. The topological polar surface area (TPSA) is 40.6 Å². The van der Waals surface area contributed by atoms with E-state index in [1.54, 1.807) is 0 Å². The zero-order valence-corrected chi connectivity index (χ0v) is 19.4. The maximum atomic E-state index is 12.4. The normalized spacial score (nSPS) is 13.9. The summed E-state index contributed by atoms with van der Waals surface area (Å²) >= 11 is 0. The van der Waals surface area contributed by atoms with E-state index < -0.39 is 0 Å². The Morgan fingerprint density at radius 3 is 2.14 bits per heavy atom. The number of hydrogen-bond acceptors (Lipinski definition) is 3. The Labute approximate surface area is 178 Å². The summed E-state index contributed by atoms with van der Waals surface area (Å²) in [5.74, 6) is 0.491. The minimum Gasteiger partial charge on any atom is -0.368 e. The lowest BCUT2D eigenvalue weighted by molar-refractivity contribution is -0.131. The molecule has 1 aliphatic rings. The van der Waals surface area contributed by atoms with Gasteiger partial charge in [0.1, 0.15) is 0 Å². The maximum absolute atomic E-state index is 12.4. The van der Waals surface area contributed by atoms with E-state index in [4.69, 9.17) is 0 Å². The van der Waals surface area contributed by atoms with Crippen molar-refractivity contribution in [3.05, 3.63) is 29.8 Å². The van der Waals surface area contributed by atoms with Crippen LogP contribution in [0.1, 0.15) is 89.9 Å². The zero-order chi connectivity index (χ0) is 21.6. The molecular formula is C25H42N2O2. The molecule has 0 aromatic heterocycles.